The number of benzene rings is 1. The first-order valence-electron chi connectivity index (χ1n) is 9.26. The highest BCUT2D eigenvalue weighted by atomic mass is 32.2. The molecule has 1 atom stereocenters. The Hall–Kier alpha value is -2.59. The van der Waals surface area contributed by atoms with E-state index in [-0.39, 0.29) is 23.6 Å². The number of rotatable bonds is 5. The minimum Gasteiger partial charge on any atom is -0.369 e. The monoisotopic (exact) mass is 421 g/mol. The Kier molecular flexibility index (Phi) is 4.99. The van der Waals surface area contributed by atoms with E-state index in [1.807, 2.05) is 6.92 Å². The lowest BCUT2D eigenvalue weighted by Crippen LogP contribution is -2.48. The molecule has 0 spiro atoms. The zero-order valence-corrected chi connectivity index (χ0v) is 16.6. The Morgan fingerprint density at radius 1 is 1.24 bits per heavy atom. The van der Waals surface area contributed by atoms with E-state index in [1.54, 1.807) is 18.2 Å². The largest absolute Gasteiger partial charge is 0.369 e. The van der Waals surface area contributed by atoms with Crippen molar-refractivity contribution in [3.8, 4) is 0 Å². The maximum Gasteiger partial charge on any atom is 0.269 e. The Labute approximate surface area is 167 Å². The number of nitrogens with zero attached hydrogens (tertiary/aromatic N) is 3. The zero-order chi connectivity index (χ0) is 20.6. The van der Waals surface area contributed by atoms with Crippen LogP contribution in [0.1, 0.15) is 12.0 Å². The molecule has 1 aliphatic rings. The average Bonchev–Trinajstić information content (AvgIpc) is 3.13. The molecule has 2 N–H and O–H groups in total. The quantitative estimate of drug-likeness (QED) is 0.659. The SMILES string of the molecule is Cc1ccc(S(=O)(=O)n2ccc3c(NC[C@H]4CCNCC4(F)F)ncnc32)cc1. The fourth-order valence-electron chi connectivity index (χ4n) is 3.44. The van der Waals surface area contributed by atoms with Gasteiger partial charge >= 0.3 is 0 Å². The van der Waals surface area contributed by atoms with Gasteiger partial charge < -0.3 is 10.6 Å². The van der Waals surface area contributed by atoms with Gasteiger partial charge in [-0.15, -0.1) is 0 Å². The van der Waals surface area contributed by atoms with Gasteiger partial charge in [0.2, 0.25) is 0 Å². The number of piperidine rings is 1. The molecule has 4 rings (SSSR count). The molecular weight excluding hydrogens is 400 g/mol. The van der Waals surface area contributed by atoms with Crippen LogP contribution in [-0.4, -0.2) is 47.9 Å². The molecule has 0 aliphatic carbocycles. The summed E-state index contributed by atoms with van der Waals surface area (Å²) in [5.41, 5.74) is 1.14. The van der Waals surface area contributed by atoms with Crippen molar-refractivity contribution in [3.63, 3.8) is 0 Å². The number of hydrogen-bond donors (Lipinski definition) is 2. The summed E-state index contributed by atoms with van der Waals surface area (Å²) in [7, 11) is -3.84. The molecular formula is C19H21F2N5O2S. The third-order valence-corrected chi connectivity index (χ3v) is 6.85. The summed E-state index contributed by atoms with van der Waals surface area (Å²) in [6.45, 7) is 2.10. The van der Waals surface area contributed by atoms with E-state index in [9.17, 15) is 17.2 Å². The predicted molar refractivity (Wildman–Crippen MR) is 106 cm³/mol. The second-order valence-corrected chi connectivity index (χ2v) is 9.01. The third-order valence-electron chi connectivity index (χ3n) is 5.17. The Morgan fingerprint density at radius 2 is 2.00 bits per heavy atom. The molecule has 0 saturated carbocycles. The molecule has 1 fully saturated rings. The van der Waals surface area contributed by atoms with Gasteiger partial charge in [0.05, 0.1) is 16.8 Å². The lowest BCUT2D eigenvalue weighted by molar-refractivity contribution is -0.0678. The number of aryl methyl sites for hydroxylation is 1. The van der Waals surface area contributed by atoms with E-state index in [2.05, 4.69) is 20.6 Å². The summed E-state index contributed by atoms with van der Waals surface area (Å²) in [6.07, 6.45) is 2.97. The normalized spacial score (nSPS) is 19.3. The number of alkyl halides is 2. The van der Waals surface area contributed by atoms with Crippen molar-refractivity contribution >= 4 is 26.9 Å². The molecule has 2 aromatic heterocycles. The van der Waals surface area contributed by atoms with E-state index in [1.165, 1.54) is 24.7 Å². The van der Waals surface area contributed by atoms with Crippen LogP contribution >= 0.6 is 0 Å². The van der Waals surface area contributed by atoms with Crippen LogP contribution < -0.4 is 10.6 Å². The van der Waals surface area contributed by atoms with Crippen molar-refractivity contribution in [1.29, 1.82) is 0 Å². The van der Waals surface area contributed by atoms with Crippen molar-refractivity contribution in [2.24, 2.45) is 5.92 Å². The molecule has 7 nitrogen and oxygen atoms in total. The summed E-state index contributed by atoms with van der Waals surface area (Å²) in [6, 6.07) is 8.09. The maximum atomic E-state index is 14.0. The van der Waals surface area contributed by atoms with Gasteiger partial charge in [-0.05, 0) is 38.1 Å². The molecule has 1 saturated heterocycles. The Balaban J connectivity index is 1.64. The topological polar surface area (TPSA) is 88.9 Å². The fourth-order valence-corrected chi connectivity index (χ4v) is 4.75. The van der Waals surface area contributed by atoms with E-state index in [4.69, 9.17) is 0 Å². The summed E-state index contributed by atoms with van der Waals surface area (Å²) in [5, 5.41) is 6.12. The highest BCUT2D eigenvalue weighted by molar-refractivity contribution is 7.90. The van der Waals surface area contributed by atoms with E-state index in [0.717, 1.165) is 9.54 Å². The molecule has 0 unspecified atom stereocenters. The molecule has 0 radical (unpaired) electrons. The van der Waals surface area contributed by atoms with E-state index in [0.29, 0.717) is 24.2 Å². The van der Waals surface area contributed by atoms with E-state index < -0.39 is 21.9 Å². The highest BCUT2D eigenvalue weighted by Gasteiger charge is 2.41. The van der Waals surface area contributed by atoms with Crippen molar-refractivity contribution in [2.75, 3.05) is 25.0 Å². The molecule has 1 aromatic carbocycles. The van der Waals surface area contributed by atoms with Crippen LogP contribution in [0.25, 0.3) is 11.0 Å². The lowest BCUT2D eigenvalue weighted by atomic mass is 9.94. The summed E-state index contributed by atoms with van der Waals surface area (Å²) in [4.78, 5) is 8.38. The molecule has 3 heterocycles. The average molecular weight is 421 g/mol. The first-order chi connectivity index (χ1) is 13.8. The predicted octanol–water partition coefficient (Wildman–Crippen LogP) is 2.63. The Morgan fingerprint density at radius 3 is 2.72 bits per heavy atom. The first kappa shape index (κ1) is 19.7. The molecule has 0 bridgehead atoms. The first-order valence-corrected chi connectivity index (χ1v) is 10.7. The van der Waals surface area contributed by atoms with Crippen molar-refractivity contribution in [3.05, 3.63) is 48.4 Å². The molecule has 10 heteroatoms. The van der Waals surface area contributed by atoms with E-state index >= 15 is 0 Å². The van der Waals surface area contributed by atoms with Crippen LogP contribution in [0, 0.1) is 12.8 Å². The van der Waals surface area contributed by atoms with Crippen LogP contribution in [0.2, 0.25) is 0 Å². The number of halogens is 2. The number of hydrogen-bond acceptors (Lipinski definition) is 6. The number of anilines is 1. The van der Waals surface area contributed by atoms with Gasteiger partial charge in [-0.25, -0.2) is 31.1 Å². The smallest absolute Gasteiger partial charge is 0.269 e. The van der Waals surface area contributed by atoms with Crippen molar-refractivity contribution in [2.45, 2.75) is 24.2 Å². The lowest BCUT2D eigenvalue weighted by Gasteiger charge is -2.32. The molecule has 29 heavy (non-hydrogen) atoms. The van der Waals surface area contributed by atoms with Gasteiger partial charge in [0, 0.05) is 18.7 Å². The third kappa shape index (κ3) is 3.69. The molecule has 3 aromatic rings. The van der Waals surface area contributed by atoms with Crippen molar-refractivity contribution in [1.82, 2.24) is 19.3 Å². The minimum absolute atomic E-state index is 0.0384. The van der Waals surface area contributed by atoms with Gasteiger partial charge in [-0.2, -0.15) is 0 Å². The molecule has 1 aliphatic heterocycles. The Bertz CT molecular complexity index is 1130. The van der Waals surface area contributed by atoms with Crippen LogP contribution in [0.5, 0.6) is 0 Å². The second-order valence-electron chi connectivity index (χ2n) is 7.19. The van der Waals surface area contributed by atoms with Crippen LogP contribution in [0.4, 0.5) is 14.6 Å². The summed E-state index contributed by atoms with van der Waals surface area (Å²) in [5.74, 6) is -3.30. The molecule has 0 amide bonds. The van der Waals surface area contributed by atoms with Crippen LogP contribution in [-0.2, 0) is 10.0 Å². The minimum atomic E-state index is -3.84. The zero-order valence-electron chi connectivity index (χ0n) is 15.8. The van der Waals surface area contributed by atoms with Crippen molar-refractivity contribution < 1.29 is 17.2 Å². The van der Waals surface area contributed by atoms with Crippen LogP contribution in [0.15, 0.2) is 47.8 Å². The van der Waals surface area contributed by atoms with Gasteiger partial charge in [0.25, 0.3) is 15.9 Å². The molecule has 154 valence electrons. The van der Waals surface area contributed by atoms with Gasteiger partial charge in [0.15, 0.2) is 5.65 Å². The number of fused-ring (bicyclic) bond motifs is 1. The fraction of sp³-hybridized carbons (Fsp3) is 0.368. The number of nitrogens with one attached hydrogen (secondary N) is 2. The van der Waals surface area contributed by atoms with Crippen LogP contribution in [0.3, 0.4) is 0 Å². The number of aromatic nitrogens is 3. The maximum absolute atomic E-state index is 14.0. The van der Waals surface area contributed by atoms with Gasteiger partial charge in [-0.1, -0.05) is 17.7 Å². The van der Waals surface area contributed by atoms with Gasteiger partial charge in [0.1, 0.15) is 12.1 Å². The van der Waals surface area contributed by atoms with Gasteiger partial charge in [-0.3, -0.25) is 0 Å². The highest BCUT2D eigenvalue weighted by Crippen LogP contribution is 2.31. The summed E-state index contributed by atoms with van der Waals surface area (Å²) >= 11 is 0. The second kappa shape index (κ2) is 7.34. The standard InChI is InChI=1S/C19H21F2N5O2S/c1-13-2-4-15(5-3-13)29(27,28)26-9-7-16-17(24-12-25-18(16)26)23-10-14-6-8-22-11-19(14,20)21/h2-5,7,9,12,14,22H,6,8,10-11H2,1H3,(H,23,24,25)/t14-/m1/s1. The summed E-state index contributed by atoms with van der Waals surface area (Å²) < 4.78 is 55.2.